The van der Waals surface area contributed by atoms with Crippen molar-refractivity contribution in [3.8, 4) is 5.75 Å². The fourth-order valence-corrected chi connectivity index (χ4v) is 5.69. The van der Waals surface area contributed by atoms with Gasteiger partial charge in [0, 0.05) is 19.6 Å². The van der Waals surface area contributed by atoms with Crippen molar-refractivity contribution in [1.29, 1.82) is 0 Å². The molecule has 1 aromatic rings. The number of hydrogen-bond acceptors (Lipinski definition) is 4. The number of piperidine rings is 1. The fourth-order valence-electron chi connectivity index (χ4n) is 5.69. The Labute approximate surface area is 199 Å². The van der Waals surface area contributed by atoms with Gasteiger partial charge in [0.25, 0.3) is 5.91 Å². The molecule has 2 atom stereocenters. The van der Waals surface area contributed by atoms with Crippen LogP contribution < -0.4 is 4.74 Å². The van der Waals surface area contributed by atoms with Gasteiger partial charge in [-0.15, -0.1) is 0 Å². The molecule has 0 spiro atoms. The van der Waals surface area contributed by atoms with Gasteiger partial charge in [0.15, 0.2) is 0 Å². The van der Waals surface area contributed by atoms with Crippen molar-refractivity contribution in [1.82, 2.24) is 14.7 Å². The van der Waals surface area contributed by atoms with Crippen molar-refractivity contribution in [2.45, 2.75) is 83.3 Å². The maximum absolute atomic E-state index is 13.6. The highest BCUT2D eigenvalue weighted by molar-refractivity contribution is 5.97. The molecule has 0 radical (unpaired) electrons. The Kier molecular flexibility index (Phi) is 8.65. The lowest BCUT2D eigenvalue weighted by molar-refractivity contribution is -0.138. The van der Waals surface area contributed by atoms with E-state index in [0.29, 0.717) is 24.4 Å². The number of amides is 2. The van der Waals surface area contributed by atoms with Gasteiger partial charge >= 0.3 is 0 Å². The average Bonchev–Trinajstić information content (AvgIpc) is 2.85. The van der Waals surface area contributed by atoms with E-state index in [1.54, 1.807) is 0 Å². The lowest BCUT2D eigenvalue weighted by atomic mass is 9.90. The Morgan fingerprint density at radius 2 is 1.61 bits per heavy atom. The van der Waals surface area contributed by atoms with Crippen LogP contribution in [0.25, 0.3) is 0 Å². The van der Waals surface area contributed by atoms with Gasteiger partial charge in [-0.05, 0) is 83.5 Å². The largest absolute Gasteiger partial charge is 0.487 e. The highest BCUT2D eigenvalue weighted by atomic mass is 16.5. The van der Waals surface area contributed by atoms with Crippen molar-refractivity contribution in [3.63, 3.8) is 0 Å². The zero-order valence-electron chi connectivity index (χ0n) is 20.3. The van der Waals surface area contributed by atoms with Gasteiger partial charge in [0.05, 0.1) is 18.2 Å². The van der Waals surface area contributed by atoms with E-state index in [0.717, 1.165) is 71.1 Å². The van der Waals surface area contributed by atoms with Crippen molar-refractivity contribution in [3.05, 3.63) is 29.8 Å². The van der Waals surface area contributed by atoms with E-state index in [9.17, 15) is 9.59 Å². The summed E-state index contributed by atoms with van der Waals surface area (Å²) < 4.78 is 6.59. The molecule has 6 nitrogen and oxygen atoms in total. The number of likely N-dealkylation sites (tertiary alicyclic amines) is 1. The van der Waals surface area contributed by atoms with Crippen LogP contribution in [0.2, 0.25) is 0 Å². The number of benzene rings is 1. The van der Waals surface area contributed by atoms with E-state index in [1.807, 2.05) is 36.1 Å². The lowest BCUT2D eigenvalue weighted by Gasteiger charge is -2.41. The first-order valence-electron chi connectivity index (χ1n) is 13.2. The maximum Gasteiger partial charge on any atom is 0.257 e. The van der Waals surface area contributed by atoms with Crippen LogP contribution in [0.4, 0.5) is 0 Å². The van der Waals surface area contributed by atoms with Gasteiger partial charge in [-0.25, -0.2) is 0 Å². The molecule has 1 saturated carbocycles. The van der Waals surface area contributed by atoms with Crippen LogP contribution in [0.1, 0.15) is 81.5 Å². The molecular weight excluding hydrogens is 414 g/mol. The Bertz CT molecular complexity index is 793. The van der Waals surface area contributed by atoms with Gasteiger partial charge in [-0.1, -0.05) is 25.0 Å². The Morgan fingerprint density at radius 3 is 2.39 bits per heavy atom. The smallest absolute Gasteiger partial charge is 0.257 e. The summed E-state index contributed by atoms with van der Waals surface area (Å²) >= 11 is 0. The third-order valence-electron chi connectivity index (χ3n) is 7.59. The monoisotopic (exact) mass is 455 g/mol. The van der Waals surface area contributed by atoms with Crippen molar-refractivity contribution in [2.75, 3.05) is 39.3 Å². The number of para-hydroxylation sites is 1. The van der Waals surface area contributed by atoms with E-state index < -0.39 is 0 Å². The number of hydrogen-bond donors (Lipinski definition) is 0. The van der Waals surface area contributed by atoms with Gasteiger partial charge < -0.3 is 14.5 Å². The van der Waals surface area contributed by atoms with Crippen molar-refractivity contribution < 1.29 is 14.3 Å². The minimum absolute atomic E-state index is 0.0535. The molecule has 1 aliphatic carbocycles. The molecule has 0 bridgehead atoms. The SMILES string of the molecule is CCN1CCCCCN(C(=O)CN2CCCCC2)[C@@H]2CCCC[C@@H]2Oc2ccccc2C1=O. The Balaban J connectivity index is 1.59. The number of nitrogens with zero attached hydrogens (tertiary/aromatic N) is 3. The molecule has 182 valence electrons. The van der Waals surface area contributed by atoms with Gasteiger partial charge in [-0.3, -0.25) is 14.5 Å². The average molecular weight is 456 g/mol. The molecule has 2 heterocycles. The Hall–Kier alpha value is -2.08. The van der Waals surface area contributed by atoms with E-state index >= 15 is 0 Å². The minimum Gasteiger partial charge on any atom is -0.487 e. The third kappa shape index (κ3) is 6.08. The summed E-state index contributed by atoms with van der Waals surface area (Å²) in [6, 6.07) is 7.75. The summed E-state index contributed by atoms with van der Waals surface area (Å²) in [7, 11) is 0. The minimum atomic E-state index is -0.0613. The summed E-state index contributed by atoms with van der Waals surface area (Å²) in [5, 5.41) is 0. The standard InChI is InChI=1S/C27H41N3O3/c1-2-29-19-11-4-12-20-30(26(31)21-28-17-9-3-10-18-28)23-14-6-8-16-25(23)33-24-15-7-5-13-22(24)27(29)32/h5,7,13,15,23,25H,2-4,6,8-12,14,16-21H2,1H3/t23-,25+/m1/s1. The molecule has 6 heteroatoms. The van der Waals surface area contributed by atoms with E-state index in [2.05, 4.69) is 9.80 Å². The lowest BCUT2D eigenvalue weighted by Crippen LogP contribution is -2.53. The highest BCUT2D eigenvalue weighted by Gasteiger charge is 2.35. The molecule has 2 fully saturated rings. The Morgan fingerprint density at radius 1 is 0.909 bits per heavy atom. The topological polar surface area (TPSA) is 53.1 Å². The molecule has 0 aromatic heterocycles. The van der Waals surface area contributed by atoms with Gasteiger partial charge in [0.1, 0.15) is 11.9 Å². The van der Waals surface area contributed by atoms with E-state index in [1.165, 1.54) is 19.3 Å². The third-order valence-corrected chi connectivity index (χ3v) is 7.59. The summed E-state index contributed by atoms with van der Waals surface area (Å²) in [5.41, 5.74) is 0.647. The zero-order chi connectivity index (χ0) is 23.0. The summed E-state index contributed by atoms with van der Waals surface area (Å²) in [4.78, 5) is 33.3. The predicted molar refractivity (Wildman–Crippen MR) is 131 cm³/mol. The van der Waals surface area contributed by atoms with Crippen LogP contribution in [-0.2, 0) is 4.79 Å². The van der Waals surface area contributed by atoms with Crippen LogP contribution in [0.3, 0.4) is 0 Å². The number of rotatable bonds is 3. The molecule has 4 rings (SSSR count). The molecule has 3 aliphatic rings. The molecule has 1 saturated heterocycles. The van der Waals surface area contributed by atoms with Crippen LogP contribution >= 0.6 is 0 Å². The molecule has 0 N–H and O–H groups in total. The van der Waals surface area contributed by atoms with Gasteiger partial charge in [0.2, 0.25) is 5.91 Å². The van der Waals surface area contributed by atoms with Gasteiger partial charge in [-0.2, -0.15) is 0 Å². The second-order valence-corrected chi connectivity index (χ2v) is 9.87. The second kappa shape index (κ2) is 11.9. The van der Waals surface area contributed by atoms with Crippen molar-refractivity contribution >= 4 is 11.8 Å². The highest BCUT2D eigenvalue weighted by Crippen LogP contribution is 2.31. The fraction of sp³-hybridized carbons (Fsp3) is 0.704. The van der Waals surface area contributed by atoms with Crippen LogP contribution in [0, 0.1) is 0 Å². The van der Waals surface area contributed by atoms with Crippen LogP contribution in [-0.4, -0.2) is 77.9 Å². The number of fused-ring (bicyclic) bond motifs is 2. The molecule has 1 aromatic carbocycles. The first-order chi connectivity index (χ1) is 16.2. The quantitative estimate of drug-likeness (QED) is 0.681. The zero-order valence-corrected chi connectivity index (χ0v) is 20.3. The molecule has 2 aliphatic heterocycles. The number of carbonyl (C=O) groups excluding carboxylic acids is 2. The maximum atomic E-state index is 13.6. The second-order valence-electron chi connectivity index (χ2n) is 9.87. The van der Waals surface area contributed by atoms with Crippen LogP contribution in [0.15, 0.2) is 24.3 Å². The first kappa shape index (κ1) is 24.1. The molecule has 2 amide bonds. The summed E-state index contributed by atoms with van der Waals surface area (Å²) in [5.74, 6) is 0.977. The number of carbonyl (C=O) groups is 2. The summed E-state index contributed by atoms with van der Waals surface area (Å²) in [6.07, 6.45) is 10.7. The molecule has 33 heavy (non-hydrogen) atoms. The van der Waals surface area contributed by atoms with Crippen molar-refractivity contribution in [2.24, 2.45) is 0 Å². The summed E-state index contributed by atoms with van der Waals surface area (Å²) in [6.45, 7) is 6.87. The van der Waals surface area contributed by atoms with E-state index in [4.69, 9.17) is 4.74 Å². The first-order valence-corrected chi connectivity index (χ1v) is 13.2. The molecular formula is C27H41N3O3. The van der Waals surface area contributed by atoms with Crippen LogP contribution in [0.5, 0.6) is 5.75 Å². The molecule has 0 unspecified atom stereocenters. The normalized spacial score (nSPS) is 25.7. The number of ether oxygens (including phenoxy) is 1. The predicted octanol–water partition coefficient (Wildman–Crippen LogP) is 4.34. The van der Waals surface area contributed by atoms with E-state index in [-0.39, 0.29) is 24.0 Å².